The van der Waals surface area contributed by atoms with Crippen molar-refractivity contribution >= 4 is 17.9 Å². The van der Waals surface area contributed by atoms with Crippen molar-refractivity contribution in [1.29, 1.82) is 0 Å². The van der Waals surface area contributed by atoms with Crippen molar-refractivity contribution in [2.75, 3.05) is 13.2 Å². The standard InChI is InChI=1S/C12H20N2O4/c1-8(2)6-13-12(17)14-10(15)7-18-11(16)9-4-3-5-9/h8-9H,3-7H2,1-2H3,(H2,13,14,15,17). The summed E-state index contributed by atoms with van der Waals surface area (Å²) in [5.74, 6) is -0.710. The zero-order valence-corrected chi connectivity index (χ0v) is 10.8. The third-order valence-electron chi connectivity index (χ3n) is 2.71. The molecule has 0 radical (unpaired) electrons. The van der Waals surface area contributed by atoms with E-state index in [9.17, 15) is 14.4 Å². The number of esters is 1. The third-order valence-corrected chi connectivity index (χ3v) is 2.71. The van der Waals surface area contributed by atoms with Crippen molar-refractivity contribution < 1.29 is 19.1 Å². The Morgan fingerprint density at radius 3 is 2.44 bits per heavy atom. The SMILES string of the molecule is CC(C)CNC(=O)NC(=O)COC(=O)C1CCC1. The Morgan fingerprint density at radius 2 is 1.94 bits per heavy atom. The van der Waals surface area contributed by atoms with Crippen molar-refractivity contribution in [3.8, 4) is 0 Å². The normalized spacial score (nSPS) is 14.8. The van der Waals surface area contributed by atoms with Gasteiger partial charge in [-0.25, -0.2) is 4.79 Å². The van der Waals surface area contributed by atoms with Gasteiger partial charge < -0.3 is 10.1 Å². The van der Waals surface area contributed by atoms with Gasteiger partial charge in [0, 0.05) is 6.54 Å². The van der Waals surface area contributed by atoms with Gasteiger partial charge in [-0.05, 0) is 18.8 Å². The summed E-state index contributed by atoms with van der Waals surface area (Å²) in [5, 5.41) is 4.63. The number of ether oxygens (including phenoxy) is 1. The van der Waals surface area contributed by atoms with Gasteiger partial charge in [0.1, 0.15) is 0 Å². The van der Waals surface area contributed by atoms with Gasteiger partial charge in [0.05, 0.1) is 5.92 Å². The van der Waals surface area contributed by atoms with Gasteiger partial charge >= 0.3 is 12.0 Å². The van der Waals surface area contributed by atoms with Gasteiger partial charge in [-0.3, -0.25) is 14.9 Å². The number of rotatable bonds is 5. The van der Waals surface area contributed by atoms with Crippen molar-refractivity contribution in [1.82, 2.24) is 10.6 Å². The zero-order valence-electron chi connectivity index (χ0n) is 10.8. The van der Waals surface area contributed by atoms with Crippen LogP contribution in [-0.2, 0) is 14.3 Å². The second-order valence-electron chi connectivity index (χ2n) is 4.89. The Morgan fingerprint density at radius 1 is 1.28 bits per heavy atom. The largest absolute Gasteiger partial charge is 0.455 e. The highest BCUT2D eigenvalue weighted by atomic mass is 16.5. The van der Waals surface area contributed by atoms with Gasteiger partial charge in [0.25, 0.3) is 5.91 Å². The maximum Gasteiger partial charge on any atom is 0.321 e. The zero-order chi connectivity index (χ0) is 13.5. The fourth-order valence-corrected chi connectivity index (χ4v) is 1.40. The molecule has 0 aromatic heterocycles. The van der Waals surface area contributed by atoms with Crippen molar-refractivity contribution in [3.05, 3.63) is 0 Å². The lowest BCUT2D eigenvalue weighted by Crippen LogP contribution is -2.43. The molecule has 6 heteroatoms. The topological polar surface area (TPSA) is 84.5 Å². The highest BCUT2D eigenvalue weighted by Gasteiger charge is 2.27. The maximum absolute atomic E-state index is 11.3. The summed E-state index contributed by atoms with van der Waals surface area (Å²) in [7, 11) is 0. The van der Waals surface area contributed by atoms with Crippen LogP contribution in [0.1, 0.15) is 33.1 Å². The summed E-state index contributed by atoms with van der Waals surface area (Å²) in [6.45, 7) is 3.98. The molecule has 0 spiro atoms. The third kappa shape index (κ3) is 5.16. The van der Waals surface area contributed by atoms with E-state index in [2.05, 4.69) is 10.6 Å². The van der Waals surface area contributed by atoms with Crippen LogP contribution < -0.4 is 10.6 Å². The molecule has 0 saturated heterocycles. The van der Waals surface area contributed by atoms with E-state index >= 15 is 0 Å². The molecule has 1 aliphatic carbocycles. The van der Waals surface area contributed by atoms with Gasteiger partial charge in [-0.15, -0.1) is 0 Å². The van der Waals surface area contributed by atoms with E-state index in [0.717, 1.165) is 19.3 Å². The molecule has 1 saturated carbocycles. The highest BCUT2D eigenvalue weighted by Crippen LogP contribution is 2.27. The number of hydrogen-bond acceptors (Lipinski definition) is 4. The number of imide groups is 1. The first-order chi connectivity index (χ1) is 8.49. The fourth-order valence-electron chi connectivity index (χ4n) is 1.40. The molecule has 18 heavy (non-hydrogen) atoms. The van der Waals surface area contributed by atoms with Crippen LogP contribution in [0.3, 0.4) is 0 Å². The van der Waals surface area contributed by atoms with Crippen LogP contribution in [0, 0.1) is 11.8 Å². The number of carbonyl (C=O) groups is 3. The van der Waals surface area contributed by atoms with Crippen molar-refractivity contribution in [2.24, 2.45) is 11.8 Å². The minimum Gasteiger partial charge on any atom is -0.455 e. The molecule has 0 unspecified atom stereocenters. The number of hydrogen-bond donors (Lipinski definition) is 2. The number of amides is 3. The molecule has 0 aromatic rings. The van der Waals surface area contributed by atoms with Crippen LogP contribution in [0.15, 0.2) is 0 Å². The van der Waals surface area contributed by atoms with E-state index < -0.39 is 18.5 Å². The van der Waals surface area contributed by atoms with E-state index in [1.807, 2.05) is 13.8 Å². The molecular formula is C12H20N2O4. The molecule has 102 valence electrons. The Kier molecular flexibility index (Phi) is 5.61. The number of nitrogens with one attached hydrogen (secondary N) is 2. The van der Waals surface area contributed by atoms with Crippen molar-refractivity contribution in [3.63, 3.8) is 0 Å². The molecule has 2 N–H and O–H groups in total. The van der Waals surface area contributed by atoms with Gasteiger partial charge in [-0.1, -0.05) is 20.3 Å². The lowest BCUT2D eigenvalue weighted by Gasteiger charge is -2.22. The van der Waals surface area contributed by atoms with E-state index in [1.165, 1.54) is 0 Å². The Balaban J connectivity index is 2.12. The highest BCUT2D eigenvalue weighted by molar-refractivity contribution is 5.95. The summed E-state index contributed by atoms with van der Waals surface area (Å²) < 4.78 is 4.80. The van der Waals surface area contributed by atoms with Crippen LogP contribution in [0.25, 0.3) is 0 Å². The van der Waals surface area contributed by atoms with Gasteiger partial charge in [0.15, 0.2) is 6.61 Å². The van der Waals surface area contributed by atoms with E-state index in [0.29, 0.717) is 12.5 Å². The molecule has 1 aliphatic rings. The molecule has 1 rings (SSSR count). The lowest BCUT2D eigenvalue weighted by molar-refractivity contribution is -0.154. The first-order valence-electron chi connectivity index (χ1n) is 6.23. The lowest BCUT2D eigenvalue weighted by atomic mass is 9.86. The summed E-state index contributed by atoms with van der Waals surface area (Å²) >= 11 is 0. The minimum atomic E-state index is -0.607. The first-order valence-corrected chi connectivity index (χ1v) is 6.23. The Hall–Kier alpha value is -1.59. The maximum atomic E-state index is 11.3. The predicted molar refractivity (Wildman–Crippen MR) is 64.7 cm³/mol. The summed E-state index contributed by atoms with van der Waals surface area (Å²) in [6.07, 6.45) is 2.69. The second-order valence-corrected chi connectivity index (χ2v) is 4.89. The molecule has 0 aromatic carbocycles. The van der Waals surface area contributed by atoms with E-state index in [1.54, 1.807) is 0 Å². The van der Waals surface area contributed by atoms with Crippen molar-refractivity contribution in [2.45, 2.75) is 33.1 Å². The van der Waals surface area contributed by atoms with E-state index in [-0.39, 0.29) is 11.9 Å². The van der Waals surface area contributed by atoms with Crippen LogP contribution in [0.4, 0.5) is 4.79 Å². The number of urea groups is 1. The average Bonchev–Trinajstić information content (AvgIpc) is 2.21. The summed E-state index contributed by atoms with van der Waals surface area (Å²) in [5.41, 5.74) is 0. The Labute approximate surface area is 106 Å². The molecule has 0 bridgehead atoms. The van der Waals surface area contributed by atoms with Crippen LogP contribution in [0.5, 0.6) is 0 Å². The summed E-state index contributed by atoms with van der Waals surface area (Å²) in [6, 6.07) is -0.562. The Bertz CT molecular complexity index is 324. The quantitative estimate of drug-likeness (QED) is 0.713. The first kappa shape index (κ1) is 14.5. The average molecular weight is 256 g/mol. The molecule has 6 nitrogen and oxygen atoms in total. The molecule has 3 amide bonds. The number of carbonyl (C=O) groups excluding carboxylic acids is 3. The molecule has 0 atom stereocenters. The monoisotopic (exact) mass is 256 g/mol. The van der Waals surface area contributed by atoms with Crippen LogP contribution >= 0.6 is 0 Å². The van der Waals surface area contributed by atoms with E-state index in [4.69, 9.17) is 4.74 Å². The molecule has 1 fully saturated rings. The molecule has 0 aliphatic heterocycles. The van der Waals surface area contributed by atoms with Gasteiger partial charge in [0.2, 0.25) is 0 Å². The van der Waals surface area contributed by atoms with Crippen LogP contribution in [0.2, 0.25) is 0 Å². The predicted octanol–water partition coefficient (Wildman–Crippen LogP) is 0.811. The van der Waals surface area contributed by atoms with Crippen LogP contribution in [-0.4, -0.2) is 31.1 Å². The molecular weight excluding hydrogens is 236 g/mol. The minimum absolute atomic E-state index is 0.0624. The smallest absolute Gasteiger partial charge is 0.321 e. The summed E-state index contributed by atoms with van der Waals surface area (Å²) in [4.78, 5) is 33.8. The second kappa shape index (κ2) is 6.98. The fraction of sp³-hybridized carbons (Fsp3) is 0.750. The van der Waals surface area contributed by atoms with Gasteiger partial charge in [-0.2, -0.15) is 0 Å². The molecule has 0 heterocycles.